The second-order valence-corrected chi connectivity index (χ2v) is 8.50. The van der Waals surface area contributed by atoms with Gasteiger partial charge in [0.15, 0.2) is 5.69 Å². The number of nitrogens with two attached hydrogens (primary N) is 1. The number of aromatic nitrogens is 2. The molecule has 1 amide bonds. The van der Waals surface area contributed by atoms with Crippen LogP contribution in [0, 0.1) is 0 Å². The molecule has 2 N–H and O–H groups in total. The van der Waals surface area contributed by atoms with E-state index in [0.717, 1.165) is 5.56 Å². The Morgan fingerprint density at radius 1 is 1.19 bits per heavy atom. The Labute approximate surface area is 192 Å². The highest BCUT2D eigenvalue weighted by atomic mass is 79.9. The Kier molecular flexibility index (Phi) is 7.73. The first kappa shape index (κ1) is 24.4. The molecule has 2 aromatic rings. The molecule has 2 heterocycles. The van der Waals surface area contributed by atoms with Gasteiger partial charge < -0.3 is 5.73 Å². The van der Waals surface area contributed by atoms with Crippen LogP contribution in [0.15, 0.2) is 39.6 Å². The molecule has 0 spiro atoms. The molecule has 174 valence electrons. The zero-order chi connectivity index (χ0) is 23.5. The maximum absolute atomic E-state index is 13.6. The van der Waals surface area contributed by atoms with Crippen molar-refractivity contribution in [2.45, 2.75) is 32.1 Å². The van der Waals surface area contributed by atoms with Gasteiger partial charge in [-0.2, -0.15) is 13.2 Å². The van der Waals surface area contributed by atoms with Crippen LogP contribution >= 0.6 is 15.9 Å². The molecule has 1 atom stereocenters. The van der Waals surface area contributed by atoms with Crippen LogP contribution in [0.1, 0.15) is 36.5 Å². The third-order valence-corrected chi connectivity index (χ3v) is 6.22. The maximum atomic E-state index is 13.6. The van der Waals surface area contributed by atoms with Crippen LogP contribution in [0.2, 0.25) is 0 Å². The average Bonchev–Trinajstić information content (AvgIpc) is 2.74. The lowest BCUT2D eigenvalue weighted by Crippen LogP contribution is -2.50. The van der Waals surface area contributed by atoms with Gasteiger partial charge in [0.1, 0.15) is 10.3 Å². The first-order valence-electron chi connectivity index (χ1n) is 10.3. The number of carbonyl (C=O) groups excluding carboxylic acids is 1. The summed E-state index contributed by atoms with van der Waals surface area (Å²) in [5.41, 5.74) is 4.06. The molecule has 1 aliphatic rings. The summed E-state index contributed by atoms with van der Waals surface area (Å²) in [7, 11) is 0. The summed E-state index contributed by atoms with van der Waals surface area (Å²) in [6, 6.07) is 8.57. The molecule has 0 bridgehead atoms. The lowest BCUT2D eigenvalue weighted by molar-refractivity contribution is -0.142. The van der Waals surface area contributed by atoms with Gasteiger partial charge >= 0.3 is 6.18 Å². The largest absolute Gasteiger partial charge is 0.434 e. The summed E-state index contributed by atoms with van der Waals surface area (Å²) in [6.45, 7) is 4.23. The van der Waals surface area contributed by atoms with Crippen LogP contribution in [0.5, 0.6) is 0 Å². The van der Waals surface area contributed by atoms with Gasteiger partial charge in [-0.3, -0.25) is 24.0 Å². The standard InChI is InChI=1S/C21H25BrF3N5O2/c1-2-15(29-10-8-28(9-11-29)13-16(26)31)19-27-18(21(23,24)25)17(22)20(32)30(19)12-14-6-4-3-5-7-14/h3-7,15H,2,8-13H2,1H3,(H2,26,31). The molecule has 7 nitrogen and oxygen atoms in total. The van der Waals surface area contributed by atoms with Crippen molar-refractivity contribution in [2.24, 2.45) is 5.73 Å². The third kappa shape index (κ3) is 5.57. The van der Waals surface area contributed by atoms with E-state index in [1.807, 2.05) is 47.1 Å². The van der Waals surface area contributed by atoms with E-state index in [1.54, 1.807) is 0 Å². The van der Waals surface area contributed by atoms with E-state index in [2.05, 4.69) is 20.9 Å². The summed E-state index contributed by atoms with van der Waals surface area (Å²) in [6.07, 6.45) is -4.30. The number of halogens is 4. The van der Waals surface area contributed by atoms with Gasteiger partial charge in [-0.25, -0.2) is 4.98 Å². The van der Waals surface area contributed by atoms with Crippen LogP contribution in [0.3, 0.4) is 0 Å². The summed E-state index contributed by atoms with van der Waals surface area (Å²) < 4.78 is 41.7. The minimum Gasteiger partial charge on any atom is -0.369 e. The van der Waals surface area contributed by atoms with Crippen molar-refractivity contribution in [3.05, 3.63) is 62.2 Å². The third-order valence-electron chi connectivity index (χ3n) is 5.51. The number of hydrogen-bond donors (Lipinski definition) is 1. The molecule has 1 aromatic carbocycles. The molecule has 11 heteroatoms. The van der Waals surface area contributed by atoms with E-state index >= 15 is 0 Å². The van der Waals surface area contributed by atoms with Crippen molar-refractivity contribution in [1.82, 2.24) is 19.4 Å². The molecule has 0 aliphatic carbocycles. The Hall–Kier alpha value is -2.24. The van der Waals surface area contributed by atoms with Gasteiger partial charge in [-0.1, -0.05) is 37.3 Å². The number of benzene rings is 1. The zero-order valence-electron chi connectivity index (χ0n) is 17.6. The number of nitrogens with zero attached hydrogens (tertiary/aromatic N) is 4. The summed E-state index contributed by atoms with van der Waals surface area (Å²) >= 11 is 2.83. The minimum absolute atomic E-state index is 0.0835. The van der Waals surface area contributed by atoms with Crippen molar-refractivity contribution in [2.75, 3.05) is 32.7 Å². The van der Waals surface area contributed by atoms with Crippen LogP contribution in [0.4, 0.5) is 13.2 Å². The van der Waals surface area contributed by atoms with E-state index in [1.165, 1.54) is 4.57 Å². The fraction of sp³-hybridized carbons (Fsp3) is 0.476. The highest BCUT2D eigenvalue weighted by molar-refractivity contribution is 9.10. The van der Waals surface area contributed by atoms with Gasteiger partial charge in [0.05, 0.1) is 19.1 Å². The molecule has 0 radical (unpaired) electrons. The molecular formula is C21H25BrF3N5O2. The smallest absolute Gasteiger partial charge is 0.369 e. The van der Waals surface area contributed by atoms with Gasteiger partial charge in [0.2, 0.25) is 5.91 Å². The lowest BCUT2D eigenvalue weighted by atomic mass is 10.1. The molecule has 1 fully saturated rings. The number of alkyl halides is 3. The number of piperazine rings is 1. The highest BCUT2D eigenvalue weighted by Gasteiger charge is 2.39. The van der Waals surface area contributed by atoms with E-state index in [-0.39, 0.29) is 18.9 Å². The molecule has 0 saturated carbocycles. The molecule has 32 heavy (non-hydrogen) atoms. The van der Waals surface area contributed by atoms with Gasteiger partial charge in [-0.15, -0.1) is 0 Å². The van der Waals surface area contributed by atoms with Crippen molar-refractivity contribution in [1.29, 1.82) is 0 Å². The first-order valence-corrected chi connectivity index (χ1v) is 11.1. The molecular weight excluding hydrogens is 491 g/mol. The first-order chi connectivity index (χ1) is 15.1. The van der Waals surface area contributed by atoms with Crippen molar-refractivity contribution < 1.29 is 18.0 Å². The van der Waals surface area contributed by atoms with Crippen LogP contribution < -0.4 is 11.3 Å². The van der Waals surface area contributed by atoms with Crippen molar-refractivity contribution in [3.63, 3.8) is 0 Å². The van der Waals surface area contributed by atoms with Gasteiger partial charge in [0.25, 0.3) is 5.56 Å². The molecule has 3 rings (SSSR count). The SMILES string of the molecule is CCC(c1nc(C(F)(F)F)c(Br)c(=O)n1Cc1ccccc1)N1CCN(CC(N)=O)CC1. The monoisotopic (exact) mass is 515 g/mol. The van der Waals surface area contributed by atoms with Gasteiger partial charge in [-0.05, 0) is 27.9 Å². The number of carbonyl (C=O) groups is 1. The van der Waals surface area contributed by atoms with Crippen LogP contribution in [0.25, 0.3) is 0 Å². The minimum atomic E-state index is -4.77. The fourth-order valence-electron chi connectivity index (χ4n) is 3.97. The van der Waals surface area contributed by atoms with Crippen molar-refractivity contribution in [3.8, 4) is 0 Å². The Morgan fingerprint density at radius 2 is 1.81 bits per heavy atom. The normalized spacial score (nSPS) is 16.8. The maximum Gasteiger partial charge on any atom is 0.434 e. The predicted octanol–water partition coefficient (Wildman–Crippen LogP) is 2.63. The molecule has 1 saturated heterocycles. The number of rotatable bonds is 7. The summed E-state index contributed by atoms with van der Waals surface area (Å²) in [4.78, 5) is 32.1. The van der Waals surface area contributed by atoms with E-state index in [0.29, 0.717) is 32.6 Å². The van der Waals surface area contributed by atoms with Crippen LogP contribution in [-0.4, -0.2) is 58.0 Å². The lowest BCUT2D eigenvalue weighted by Gasteiger charge is -2.39. The second kappa shape index (κ2) is 10.1. The quantitative estimate of drug-likeness (QED) is 0.612. The Bertz CT molecular complexity index is 1000. The molecule has 1 aromatic heterocycles. The highest BCUT2D eigenvalue weighted by Crippen LogP contribution is 2.34. The number of amides is 1. The van der Waals surface area contributed by atoms with Crippen molar-refractivity contribution >= 4 is 21.8 Å². The number of hydrogen-bond acceptors (Lipinski definition) is 5. The topological polar surface area (TPSA) is 84.5 Å². The summed E-state index contributed by atoms with van der Waals surface area (Å²) in [5.74, 6) is -0.341. The van der Waals surface area contributed by atoms with E-state index in [4.69, 9.17) is 5.73 Å². The zero-order valence-corrected chi connectivity index (χ0v) is 19.2. The predicted molar refractivity (Wildman–Crippen MR) is 117 cm³/mol. The molecule has 1 unspecified atom stereocenters. The van der Waals surface area contributed by atoms with Crippen LogP contribution in [-0.2, 0) is 17.5 Å². The van der Waals surface area contributed by atoms with E-state index in [9.17, 15) is 22.8 Å². The fourth-order valence-corrected chi connectivity index (χ4v) is 4.49. The molecule has 1 aliphatic heterocycles. The van der Waals surface area contributed by atoms with E-state index < -0.39 is 33.9 Å². The summed E-state index contributed by atoms with van der Waals surface area (Å²) in [5, 5.41) is 0. The second-order valence-electron chi connectivity index (χ2n) is 7.71. The Balaban J connectivity index is 2.02. The number of primary amides is 1. The average molecular weight is 516 g/mol. The Morgan fingerprint density at radius 3 is 2.34 bits per heavy atom. The van der Waals surface area contributed by atoms with Gasteiger partial charge in [0, 0.05) is 26.2 Å².